The van der Waals surface area contributed by atoms with E-state index in [1.807, 2.05) is 12.1 Å². The summed E-state index contributed by atoms with van der Waals surface area (Å²) >= 11 is 6.58. The lowest BCUT2D eigenvalue weighted by atomic mass is 9.80. The van der Waals surface area contributed by atoms with Crippen LogP contribution in [0, 0.1) is 0 Å². The largest absolute Gasteiger partial charge is 0.497 e. The first-order valence-electron chi connectivity index (χ1n) is 15.5. The molecule has 10 nitrogen and oxygen atoms in total. The Kier molecular flexibility index (Phi) is 8.98. The van der Waals surface area contributed by atoms with E-state index in [0.29, 0.717) is 18.0 Å². The average molecular weight is 685 g/mol. The van der Waals surface area contributed by atoms with Gasteiger partial charge in [-0.25, -0.2) is 17.1 Å². The Balaban J connectivity index is 1.62. The van der Waals surface area contributed by atoms with Gasteiger partial charge in [-0.05, 0) is 80.0 Å². The molecule has 3 aliphatic rings. The maximum absolute atomic E-state index is 15.6. The van der Waals surface area contributed by atoms with Gasteiger partial charge in [-0.15, -0.1) is 0 Å². The summed E-state index contributed by atoms with van der Waals surface area (Å²) in [6.07, 6.45) is 0.583. The zero-order valence-electron chi connectivity index (χ0n) is 26.8. The Bertz CT molecular complexity index is 1800. The smallest absolute Gasteiger partial charge is 0.271 e. The van der Waals surface area contributed by atoms with E-state index in [4.69, 9.17) is 21.1 Å². The number of sulfonamides is 1. The molecule has 2 amide bonds. The Morgan fingerprint density at radius 3 is 2.34 bits per heavy atom. The van der Waals surface area contributed by atoms with E-state index in [-0.39, 0.29) is 39.7 Å². The summed E-state index contributed by atoms with van der Waals surface area (Å²) in [5.74, 6) is -0.556. The van der Waals surface area contributed by atoms with E-state index in [0.717, 1.165) is 35.8 Å². The van der Waals surface area contributed by atoms with Crippen LogP contribution in [-0.2, 0) is 31.7 Å². The fourth-order valence-corrected chi connectivity index (χ4v) is 8.78. The maximum atomic E-state index is 15.6. The van der Waals surface area contributed by atoms with Crippen molar-refractivity contribution in [3.63, 3.8) is 0 Å². The molecular weight excluding hydrogens is 647 g/mol. The van der Waals surface area contributed by atoms with E-state index in [1.165, 1.54) is 66.5 Å². The monoisotopic (exact) mass is 684 g/mol. The van der Waals surface area contributed by atoms with E-state index >= 15 is 9.18 Å². The first-order valence-corrected chi connectivity index (χ1v) is 17.3. The van der Waals surface area contributed by atoms with Crippen LogP contribution in [0.2, 0.25) is 5.02 Å². The number of carbonyl (C=O) groups is 2. The van der Waals surface area contributed by atoms with Gasteiger partial charge in [0.25, 0.3) is 15.9 Å². The SMILES string of the molecule is COc1ccc(S(=O)(=O)N2C(=O)C(c3ccc(CN4CCCC4)cc3OC)(N3C[C@H](F)C[C@H]3C(=O)N(C)C)c3cc(Cl)ccc32)cc1. The predicted octanol–water partition coefficient (Wildman–Crippen LogP) is 4.43. The van der Waals surface area contributed by atoms with Gasteiger partial charge in [0.2, 0.25) is 5.91 Å². The minimum absolute atomic E-state index is 0.0526. The second-order valence-electron chi connectivity index (χ2n) is 12.4. The van der Waals surface area contributed by atoms with Gasteiger partial charge in [0.15, 0.2) is 5.54 Å². The number of methoxy groups -OCH3 is 2. The van der Waals surface area contributed by atoms with Gasteiger partial charge >= 0.3 is 0 Å². The molecule has 0 radical (unpaired) electrons. The van der Waals surface area contributed by atoms with Gasteiger partial charge in [0.1, 0.15) is 17.7 Å². The molecule has 1 unspecified atom stereocenters. The molecule has 0 aliphatic carbocycles. The molecule has 0 aromatic heterocycles. The van der Waals surface area contributed by atoms with Crippen molar-refractivity contribution in [2.45, 2.75) is 48.5 Å². The van der Waals surface area contributed by atoms with Gasteiger partial charge in [0, 0.05) is 49.8 Å². The molecule has 0 spiro atoms. The first-order chi connectivity index (χ1) is 22.4. The average Bonchev–Trinajstić information content (AvgIpc) is 3.77. The van der Waals surface area contributed by atoms with Gasteiger partial charge < -0.3 is 14.4 Å². The Morgan fingerprint density at radius 1 is 1.00 bits per heavy atom. The number of ether oxygens (including phenoxy) is 2. The molecule has 47 heavy (non-hydrogen) atoms. The zero-order chi connectivity index (χ0) is 33.7. The Hall–Kier alpha value is -3.71. The number of benzene rings is 3. The van der Waals surface area contributed by atoms with Crippen LogP contribution in [0.15, 0.2) is 65.6 Å². The van der Waals surface area contributed by atoms with Crippen molar-refractivity contribution in [3.05, 3.63) is 82.4 Å². The number of halogens is 2. The molecule has 3 aromatic carbocycles. The Labute approximate surface area is 279 Å². The lowest BCUT2D eigenvalue weighted by molar-refractivity contribution is -0.138. The molecule has 0 bridgehead atoms. The fourth-order valence-electron chi connectivity index (χ4n) is 7.15. The highest BCUT2D eigenvalue weighted by molar-refractivity contribution is 7.93. The minimum atomic E-state index is -4.54. The lowest BCUT2D eigenvalue weighted by Gasteiger charge is -2.42. The number of anilines is 1. The molecule has 2 saturated heterocycles. The molecule has 3 aromatic rings. The highest BCUT2D eigenvalue weighted by Gasteiger charge is 2.64. The van der Waals surface area contributed by atoms with Crippen LogP contribution in [0.5, 0.6) is 11.5 Å². The van der Waals surface area contributed by atoms with Crippen LogP contribution >= 0.6 is 11.6 Å². The lowest BCUT2D eigenvalue weighted by Crippen LogP contribution is -2.59. The zero-order valence-corrected chi connectivity index (χ0v) is 28.4. The fraction of sp³-hybridized carbons (Fsp3) is 0.412. The first kappa shape index (κ1) is 33.2. The van der Waals surface area contributed by atoms with Crippen molar-refractivity contribution in [2.24, 2.45) is 0 Å². The molecule has 0 N–H and O–H groups in total. The van der Waals surface area contributed by atoms with Crippen LogP contribution in [0.3, 0.4) is 0 Å². The summed E-state index contributed by atoms with van der Waals surface area (Å²) in [4.78, 5) is 34.0. The van der Waals surface area contributed by atoms with Crippen LogP contribution in [0.1, 0.15) is 36.0 Å². The van der Waals surface area contributed by atoms with Crippen molar-refractivity contribution in [1.29, 1.82) is 0 Å². The number of nitrogens with zero attached hydrogens (tertiary/aromatic N) is 4. The molecule has 13 heteroatoms. The van der Waals surface area contributed by atoms with E-state index in [9.17, 15) is 13.2 Å². The second kappa shape index (κ2) is 12.7. The summed E-state index contributed by atoms with van der Waals surface area (Å²) < 4.78 is 56.4. The quantitative estimate of drug-likeness (QED) is 0.327. The van der Waals surface area contributed by atoms with Gasteiger partial charge in [-0.3, -0.25) is 19.4 Å². The summed E-state index contributed by atoms with van der Waals surface area (Å²) in [5, 5.41) is 0.237. The van der Waals surface area contributed by atoms with Crippen LogP contribution in [0.25, 0.3) is 0 Å². The third kappa shape index (κ3) is 5.54. The van der Waals surface area contributed by atoms with Crippen molar-refractivity contribution >= 4 is 39.1 Å². The Morgan fingerprint density at radius 2 is 1.70 bits per heavy atom. The van der Waals surface area contributed by atoms with Crippen LogP contribution in [0.4, 0.5) is 10.1 Å². The highest BCUT2D eigenvalue weighted by Crippen LogP contribution is 2.55. The van der Waals surface area contributed by atoms with Crippen molar-refractivity contribution in [1.82, 2.24) is 14.7 Å². The molecule has 3 heterocycles. The normalized spacial score (nSPS) is 23.3. The summed E-state index contributed by atoms with van der Waals surface area (Å²) in [7, 11) is 1.53. The number of likely N-dealkylation sites (N-methyl/N-ethyl adjacent to an activating group) is 1. The third-order valence-corrected chi connectivity index (χ3v) is 11.3. The van der Waals surface area contributed by atoms with E-state index in [2.05, 4.69) is 4.90 Å². The minimum Gasteiger partial charge on any atom is -0.497 e. The van der Waals surface area contributed by atoms with Crippen molar-refractivity contribution in [2.75, 3.05) is 52.3 Å². The van der Waals surface area contributed by atoms with Gasteiger partial charge in [-0.2, -0.15) is 0 Å². The predicted molar refractivity (Wildman–Crippen MR) is 176 cm³/mol. The number of hydrogen-bond acceptors (Lipinski definition) is 8. The van der Waals surface area contributed by atoms with Gasteiger partial charge in [-0.1, -0.05) is 23.7 Å². The summed E-state index contributed by atoms with van der Waals surface area (Å²) in [5.41, 5.74) is -0.501. The van der Waals surface area contributed by atoms with Crippen LogP contribution < -0.4 is 13.8 Å². The van der Waals surface area contributed by atoms with Crippen molar-refractivity contribution < 1.29 is 31.9 Å². The molecule has 3 atom stereocenters. The van der Waals surface area contributed by atoms with Crippen molar-refractivity contribution in [3.8, 4) is 11.5 Å². The topological polar surface area (TPSA) is 99.7 Å². The molecule has 250 valence electrons. The number of carbonyl (C=O) groups excluding carboxylic acids is 2. The van der Waals surface area contributed by atoms with E-state index in [1.54, 1.807) is 20.2 Å². The number of alkyl halides is 1. The number of likely N-dealkylation sites (tertiary alicyclic amines) is 2. The number of hydrogen-bond donors (Lipinski definition) is 0. The highest BCUT2D eigenvalue weighted by atomic mass is 35.5. The third-order valence-electron chi connectivity index (χ3n) is 9.33. The maximum Gasteiger partial charge on any atom is 0.271 e. The molecular formula is C34H38ClFN4O6S. The number of rotatable bonds is 9. The second-order valence-corrected chi connectivity index (χ2v) is 14.6. The van der Waals surface area contributed by atoms with Crippen LogP contribution in [-0.4, -0.2) is 95.1 Å². The standard InChI is InChI=1S/C34H38ClFN4O6S/c1-37(2)32(41)30-19-24(36)21-39(30)34(27-13-7-22(17-31(27)46-4)20-38-15-5-6-16-38)28-18-23(35)8-14-29(28)40(33(34)42)47(43,44)26-11-9-25(45-3)10-12-26/h7-14,17-18,24,30H,5-6,15-16,19-21H2,1-4H3/t24-,30+,34?/m1/s1. The summed E-state index contributed by atoms with van der Waals surface area (Å²) in [6.45, 7) is 2.29. The molecule has 6 rings (SSSR count). The summed E-state index contributed by atoms with van der Waals surface area (Å²) in [6, 6.07) is 14.6. The molecule has 0 saturated carbocycles. The number of fused-ring (bicyclic) bond motifs is 1. The van der Waals surface area contributed by atoms with E-state index < -0.39 is 39.6 Å². The van der Waals surface area contributed by atoms with Gasteiger partial charge in [0.05, 0.1) is 30.8 Å². The molecule has 2 fully saturated rings. The molecule has 3 aliphatic heterocycles. The number of amides is 2.